The minimum absolute atomic E-state index is 0.0844. The smallest absolute Gasteiger partial charge is 0.276 e. The number of anilines is 1. The van der Waals surface area contributed by atoms with Crippen LogP contribution in [0, 0.1) is 0 Å². The predicted octanol–water partition coefficient (Wildman–Crippen LogP) is 2.63. The van der Waals surface area contributed by atoms with Gasteiger partial charge in [-0.25, -0.2) is 0 Å². The number of carbonyl (C=O) groups excluding carboxylic acids is 1. The van der Waals surface area contributed by atoms with Crippen molar-refractivity contribution < 1.29 is 14.3 Å². The predicted molar refractivity (Wildman–Crippen MR) is 72.3 cm³/mol. The molecule has 0 radical (unpaired) electrons. The van der Waals surface area contributed by atoms with Crippen LogP contribution in [0.2, 0.25) is 0 Å². The van der Waals surface area contributed by atoms with E-state index in [2.05, 4.69) is 15.5 Å². The molecular formula is C14H11N3O3. The van der Waals surface area contributed by atoms with Crippen molar-refractivity contribution in [2.24, 2.45) is 0 Å². The monoisotopic (exact) mass is 269 g/mol. The standard InChI is InChI=1S/C14H11N3O3/c18-10-4-1-3-9(7-10)15-14(19)12-8-11(16-17-12)13-5-2-6-20-13/h1-8,18H,(H,15,19)(H,16,17). The van der Waals surface area contributed by atoms with E-state index < -0.39 is 0 Å². The van der Waals surface area contributed by atoms with Crippen molar-refractivity contribution in [3.63, 3.8) is 0 Å². The van der Waals surface area contributed by atoms with E-state index in [-0.39, 0.29) is 17.4 Å². The van der Waals surface area contributed by atoms with Gasteiger partial charge in [-0.1, -0.05) is 6.07 Å². The molecule has 2 heterocycles. The molecule has 0 unspecified atom stereocenters. The number of hydrogen-bond acceptors (Lipinski definition) is 4. The number of benzene rings is 1. The van der Waals surface area contributed by atoms with E-state index in [1.807, 2.05) is 0 Å². The average molecular weight is 269 g/mol. The Balaban J connectivity index is 1.78. The molecule has 100 valence electrons. The van der Waals surface area contributed by atoms with Crippen LogP contribution in [0.25, 0.3) is 11.5 Å². The van der Waals surface area contributed by atoms with Crippen molar-refractivity contribution in [3.8, 4) is 17.2 Å². The molecule has 2 aromatic heterocycles. The van der Waals surface area contributed by atoms with Gasteiger partial charge in [0.2, 0.25) is 0 Å². The number of aromatic amines is 1. The number of nitrogens with one attached hydrogen (secondary N) is 2. The number of hydrogen-bond donors (Lipinski definition) is 3. The molecule has 0 saturated heterocycles. The fraction of sp³-hybridized carbons (Fsp3) is 0. The second-order valence-corrected chi connectivity index (χ2v) is 4.15. The highest BCUT2D eigenvalue weighted by molar-refractivity contribution is 6.03. The van der Waals surface area contributed by atoms with E-state index in [0.29, 0.717) is 17.1 Å². The van der Waals surface area contributed by atoms with Gasteiger partial charge in [0.15, 0.2) is 11.5 Å². The molecule has 1 amide bonds. The van der Waals surface area contributed by atoms with Gasteiger partial charge >= 0.3 is 0 Å². The molecule has 6 nitrogen and oxygen atoms in total. The molecule has 6 heteroatoms. The van der Waals surface area contributed by atoms with Gasteiger partial charge in [-0.2, -0.15) is 5.10 Å². The number of phenols is 1. The van der Waals surface area contributed by atoms with Gasteiger partial charge in [-0.05, 0) is 24.3 Å². The van der Waals surface area contributed by atoms with Gasteiger partial charge in [-0.15, -0.1) is 0 Å². The summed E-state index contributed by atoms with van der Waals surface area (Å²) in [7, 11) is 0. The Labute approximate surface area is 114 Å². The van der Waals surface area contributed by atoms with Crippen LogP contribution in [0.5, 0.6) is 5.75 Å². The van der Waals surface area contributed by atoms with Crippen molar-refractivity contribution in [3.05, 3.63) is 54.4 Å². The summed E-state index contributed by atoms with van der Waals surface area (Å²) >= 11 is 0. The van der Waals surface area contributed by atoms with Gasteiger partial charge in [0.1, 0.15) is 11.4 Å². The molecule has 1 aromatic carbocycles. The van der Waals surface area contributed by atoms with E-state index >= 15 is 0 Å². The number of phenolic OH excluding ortho intramolecular Hbond substituents is 1. The summed E-state index contributed by atoms with van der Waals surface area (Å²) in [6.45, 7) is 0. The van der Waals surface area contributed by atoms with Crippen molar-refractivity contribution in [2.45, 2.75) is 0 Å². The summed E-state index contributed by atoms with van der Waals surface area (Å²) in [5.41, 5.74) is 1.35. The first kappa shape index (κ1) is 12.0. The molecule has 0 aliphatic rings. The van der Waals surface area contributed by atoms with E-state index in [0.717, 1.165) is 0 Å². The first-order chi connectivity index (χ1) is 9.72. The van der Waals surface area contributed by atoms with Crippen LogP contribution in [-0.4, -0.2) is 21.2 Å². The summed E-state index contributed by atoms with van der Waals surface area (Å²) in [6.07, 6.45) is 1.54. The van der Waals surface area contributed by atoms with Crippen molar-refractivity contribution >= 4 is 11.6 Å². The number of nitrogens with zero attached hydrogens (tertiary/aromatic N) is 1. The molecule has 0 saturated carbocycles. The third-order valence-electron chi connectivity index (χ3n) is 2.70. The molecule has 3 rings (SSSR count). The fourth-order valence-electron chi connectivity index (χ4n) is 1.77. The first-order valence-corrected chi connectivity index (χ1v) is 5.92. The first-order valence-electron chi connectivity index (χ1n) is 5.92. The lowest BCUT2D eigenvalue weighted by atomic mass is 10.2. The Morgan fingerprint density at radius 1 is 1.25 bits per heavy atom. The lowest BCUT2D eigenvalue weighted by Crippen LogP contribution is -2.12. The zero-order valence-corrected chi connectivity index (χ0v) is 10.3. The zero-order chi connectivity index (χ0) is 13.9. The maximum atomic E-state index is 12.0. The van der Waals surface area contributed by atoms with Crippen LogP contribution < -0.4 is 5.32 Å². The van der Waals surface area contributed by atoms with Crippen molar-refractivity contribution in [1.82, 2.24) is 10.2 Å². The third kappa shape index (κ3) is 2.39. The number of aromatic nitrogens is 2. The normalized spacial score (nSPS) is 10.4. The van der Waals surface area contributed by atoms with E-state index in [1.54, 1.807) is 36.6 Å². The summed E-state index contributed by atoms with van der Waals surface area (Å²) in [5, 5.41) is 18.6. The Morgan fingerprint density at radius 2 is 2.15 bits per heavy atom. The Morgan fingerprint density at radius 3 is 2.90 bits per heavy atom. The van der Waals surface area contributed by atoms with Crippen molar-refractivity contribution in [1.29, 1.82) is 0 Å². The fourth-order valence-corrected chi connectivity index (χ4v) is 1.77. The SMILES string of the molecule is O=C(Nc1cccc(O)c1)c1cc(-c2ccco2)[nH]n1. The summed E-state index contributed by atoms with van der Waals surface area (Å²) in [4.78, 5) is 12.0. The number of amides is 1. The van der Waals surface area contributed by atoms with Gasteiger partial charge in [0.05, 0.1) is 6.26 Å². The largest absolute Gasteiger partial charge is 0.508 e. The van der Waals surface area contributed by atoms with Gasteiger partial charge in [0, 0.05) is 17.8 Å². The van der Waals surface area contributed by atoms with Gasteiger partial charge < -0.3 is 14.8 Å². The Hall–Kier alpha value is -3.02. The maximum absolute atomic E-state index is 12.0. The highest BCUT2D eigenvalue weighted by atomic mass is 16.3. The topological polar surface area (TPSA) is 91.1 Å². The number of carbonyl (C=O) groups is 1. The van der Waals surface area contributed by atoms with Gasteiger partial charge in [-0.3, -0.25) is 9.89 Å². The Kier molecular flexibility index (Phi) is 2.96. The number of rotatable bonds is 3. The number of aromatic hydroxyl groups is 1. The Bertz CT molecular complexity index is 732. The minimum atomic E-state index is -0.371. The molecule has 0 atom stereocenters. The van der Waals surface area contributed by atoms with Crippen LogP contribution in [0.3, 0.4) is 0 Å². The summed E-state index contributed by atoms with van der Waals surface area (Å²) in [6, 6.07) is 11.4. The summed E-state index contributed by atoms with van der Waals surface area (Å²) in [5.74, 6) is 0.319. The van der Waals surface area contributed by atoms with Crippen LogP contribution in [0.4, 0.5) is 5.69 Å². The highest BCUT2D eigenvalue weighted by Gasteiger charge is 2.13. The molecule has 0 fully saturated rings. The van der Waals surface area contributed by atoms with E-state index in [9.17, 15) is 9.90 Å². The molecule has 3 aromatic rings. The van der Waals surface area contributed by atoms with Crippen LogP contribution in [0.15, 0.2) is 53.1 Å². The minimum Gasteiger partial charge on any atom is -0.508 e. The van der Waals surface area contributed by atoms with Crippen LogP contribution >= 0.6 is 0 Å². The number of furan rings is 1. The average Bonchev–Trinajstić information content (AvgIpc) is 3.10. The van der Waals surface area contributed by atoms with Gasteiger partial charge in [0.25, 0.3) is 5.91 Å². The second-order valence-electron chi connectivity index (χ2n) is 4.15. The molecule has 0 bridgehead atoms. The lowest BCUT2D eigenvalue weighted by Gasteiger charge is -2.02. The molecule has 20 heavy (non-hydrogen) atoms. The van der Waals surface area contributed by atoms with Crippen molar-refractivity contribution in [2.75, 3.05) is 5.32 Å². The highest BCUT2D eigenvalue weighted by Crippen LogP contribution is 2.19. The second kappa shape index (κ2) is 4.93. The molecule has 3 N–H and O–H groups in total. The zero-order valence-electron chi connectivity index (χ0n) is 10.3. The molecular weight excluding hydrogens is 258 g/mol. The maximum Gasteiger partial charge on any atom is 0.276 e. The lowest BCUT2D eigenvalue weighted by molar-refractivity contribution is 0.102. The summed E-state index contributed by atoms with van der Waals surface area (Å²) < 4.78 is 5.21. The molecule has 0 spiro atoms. The third-order valence-corrected chi connectivity index (χ3v) is 2.70. The van der Waals surface area contributed by atoms with E-state index in [4.69, 9.17) is 4.42 Å². The molecule has 0 aliphatic carbocycles. The quantitative estimate of drug-likeness (QED) is 0.681. The van der Waals surface area contributed by atoms with E-state index in [1.165, 1.54) is 12.1 Å². The van der Waals surface area contributed by atoms with Crippen LogP contribution in [0.1, 0.15) is 10.5 Å². The molecule has 0 aliphatic heterocycles. The number of H-pyrrole nitrogens is 1. The van der Waals surface area contributed by atoms with Crippen LogP contribution in [-0.2, 0) is 0 Å².